The number of carboxylic acids is 2. The minimum atomic E-state index is -1.10. The normalized spacial score (nSPS) is 11.6. The van der Waals surface area contributed by atoms with Gasteiger partial charge in [0.25, 0.3) is 0 Å². The van der Waals surface area contributed by atoms with Crippen LogP contribution in [0.2, 0.25) is 0 Å². The minimum Gasteiger partial charge on any atom is -0.862 e. The van der Waals surface area contributed by atoms with Gasteiger partial charge in [0.1, 0.15) is 0 Å². The van der Waals surface area contributed by atoms with Crippen molar-refractivity contribution in [1.82, 2.24) is 15.1 Å². The molecule has 1 amide bonds. The molecule has 0 aliphatic heterocycles. The zero-order valence-electron chi connectivity index (χ0n) is 27.8. The summed E-state index contributed by atoms with van der Waals surface area (Å²) in [6, 6.07) is 0. The van der Waals surface area contributed by atoms with Crippen LogP contribution in [-0.2, 0) is 14.4 Å². The Balaban J connectivity index is -0.000000767. The molecule has 13 heteroatoms. The van der Waals surface area contributed by atoms with Crippen molar-refractivity contribution in [1.29, 1.82) is 0 Å². The van der Waals surface area contributed by atoms with E-state index in [1.54, 1.807) is 0 Å². The summed E-state index contributed by atoms with van der Waals surface area (Å²) in [5.74, 6) is -2.11. The number of unbranched alkanes of at least 4 members (excludes halogenated alkanes) is 4. The summed E-state index contributed by atoms with van der Waals surface area (Å²) in [6.07, 6.45) is 16.2. The predicted octanol–water partition coefficient (Wildman–Crippen LogP) is 0.724. The van der Waals surface area contributed by atoms with Crippen LogP contribution < -0.4 is 15.5 Å². The molecule has 256 valence electrons. The number of nitrogens with one attached hydrogen (secondary N) is 1. The fraction of sp³-hybridized carbons (Fsp3) is 0.750. The van der Waals surface area contributed by atoms with Gasteiger partial charge in [-0.1, -0.05) is 63.8 Å². The molecule has 0 aromatic rings. The van der Waals surface area contributed by atoms with Gasteiger partial charge < -0.3 is 50.4 Å². The number of rotatable bonds is 28. The van der Waals surface area contributed by atoms with Crippen molar-refractivity contribution < 1.29 is 39.9 Å². The molecule has 0 spiro atoms. The molecule has 0 radical (unpaired) electrons. The third-order valence-corrected chi connectivity index (χ3v) is 6.37. The first-order chi connectivity index (χ1) is 21.2. The number of aliphatic hydroxyl groups excluding tert-OH is 2. The molecule has 0 saturated heterocycles. The van der Waals surface area contributed by atoms with Gasteiger partial charge in [-0.25, -0.2) is 0 Å². The molecule has 4 N–H and O–H groups in total. The van der Waals surface area contributed by atoms with Gasteiger partial charge in [-0.3, -0.25) is 9.59 Å². The average Bonchev–Trinajstić information content (AvgIpc) is 2.99. The first-order valence-corrected chi connectivity index (χ1v) is 16.0. The van der Waals surface area contributed by atoms with Crippen LogP contribution in [0.3, 0.4) is 0 Å². The van der Waals surface area contributed by atoms with Gasteiger partial charge in [0.2, 0.25) is 5.91 Å². The molecule has 0 unspecified atom stereocenters. The maximum atomic E-state index is 11.6. The third kappa shape index (κ3) is 38.6. The van der Waals surface area contributed by atoms with E-state index in [2.05, 4.69) is 24.2 Å². The topological polar surface area (TPSA) is 189 Å². The maximum absolute atomic E-state index is 11.6. The quantitative estimate of drug-likeness (QED) is 0.0305. The first kappa shape index (κ1) is 47.9. The van der Waals surface area contributed by atoms with E-state index in [0.29, 0.717) is 78.0 Å². The van der Waals surface area contributed by atoms with Crippen LogP contribution in [0.5, 0.6) is 0 Å². The van der Waals surface area contributed by atoms with E-state index < -0.39 is 11.9 Å². The van der Waals surface area contributed by atoms with Crippen molar-refractivity contribution in [2.45, 2.75) is 90.9 Å². The number of aliphatic imine (C=N–C) groups is 1. The number of amides is 1. The average molecular weight is 667 g/mol. The van der Waals surface area contributed by atoms with E-state index in [1.807, 2.05) is 34.1 Å². The fourth-order valence-corrected chi connectivity index (χ4v) is 3.82. The second-order valence-electron chi connectivity index (χ2n) is 10.4. The van der Waals surface area contributed by atoms with Crippen molar-refractivity contribution in [3.63, 3.8) is 0 Å². The Morgan fingerprint density at radius 3 is 1.78 bits per heavy atom. The molecule has 0 bridgehead atoms. The molecule has 0 saturated carbocycles. The van der Waals surface area contributed by atoms with Gasteiger partial charge in [0, 0.05) is 71.4 Å². The molecular weight excluding hydrogens is 608 g/mol. The monoisotopic (exact) mass is 666 g/mol. The Bertz CT molecular complexity index is 812. The van der Waals surface area contributed by atoms with E-state index in [1.165, 1.54) is 0 Å². The summed E-state index contributed by atoms with van der Waals surface area (Å²) in [6.45, 7) is 8.35. The second-order valence-corrected chi connectivity index (χ2v) is 10.4. The Labute approximate surface area is 300 Å². The number of nitrogens with zero attached hydrogens (tertiary/aromatic N) is 3. The molecule has 45 heavy (non-hydrogen) atoms. The zero-order chi connectivity index (χ0) is 33.3. The molecule has 0 atom stereocenters. The number of carbonyl (C=O) groups excluding carboxylic acids is 2. The molecule has 0 fully saturated rings. The van der Waals surface area contributed by atoms with Gasteiger partial charge in [-0.2, -0.15) is 0 Å². The zero-order valence-corrected chi connectivity index (χ0v) is 30.0. The summed E-state index contributed by atoms with van der Waals surface area (Å²) >= 11 is 0. The number of hydrogen-bond donors (Lipinski definition) is 4. The Hall–Kier alpha value is -1.54. The van der Waals surface area contributed by atoms with Crippen molar-refractivity contribution in [2.24, 2.45) is 4.99 Å². The van der Waals surface area contributed by atoms with Crippen molar-refractivity contribution in [3.8, 4) is 0 Å². The summed E-state index contributed by atoms with van der Waals surface area (Å²) < 4.78 is 0. The summed E-state index contributed by atoms with van der Waals surface area (Å²) in [7, 11) is 0. The fourth-order valence-electron chi connectivity index (χ4n) is 3.82. The van der Waals surface area contributed by atoms with Crippen LogP contribution in [0, 0.1) is 0 Å². The number of aliphatic hydroxyl groups is 2. The number of carboxylic acid groups (broad SMARTS) is 2. The van der Waals surface area contributed by atoms with E-state index in [4.69, 9.17) is 15.3 Å². The number of allylic oxidation sites excluding steroid dienone is 2. The third-order valence-electron chi connectivity index (χ3n) is 6.37. The second kappa shape index (κ2) is 36.9. The molecule has 0 aromatic carbocycles. The summed E-state index contributed by atoms with van der Waals surface area (Å²) in [5.41, 5.74) is 0. The molecular formula is C32H58CaN4O8. The van der Waals surface area contributed by atoms with Gasteiger partial charge in [0.15, 0.2) is 0 Å². The van der Waals surface area contributed by atoms with Crippen LogP contribution in [0.25, 0.3) is 0 Å². The molecule has 0 aliphatic carbocycles. The summed E-state index contributed by atoms with van der Waals surface area (Å²) in [5, 5.41) is 51.2. The maximum Gasteiger partial charge on any atom is 2.00 e. The van der Waals surface area contributed by atoms with Gasteiger partial charge in [-0.15, -0.1) is 0 Å². The molecule has 0 heterocycles. The molecule has 0 aliphatic rings. The predicted molar refractivity (Wildman–Crippen MR) is 176 cm³/mol. The number of carbonyl (C=O) groups is 3. The smallest absolute Gasteiger partial charge is 0.862 e. The van der Waals surface area contributed by atoms with Crippen LogP contribution in [-0.4, -0.2) is 152 Å². The van der Waals surface area contributed by atoms with E-state index in [-0.39, 0.29) is 75.6 Å². The van der Waals surface area contributed by atoms with E-state index in [0.717, 1.165) is 38.5 Å². The Morgan fingerprint density at radius 1 is 0.733 bits per heavy atom. The van der Waals surface area contributed by atoms with Crippen LogP contribution >= 0.6 is 0 Å². The SMILES string of the molecule is CCCC/C=C/CC(=O)NCCN(CCCO)CCC(=O)O.CCCC/C=C/CC([O-])=NCCN(CCCO)CCC(=O)[O-].[Ca+2]. The van der Waals surface area contributed by atoms with Crippen molar-refractivity contribution in [2.75, 3.05) is 65.6 Å². The van der Waals surface area contributed by atoms with Gasteiger partial charge in [0.05, 0.1) is 13.0 Å². The van der Waals surface area contributed by atoms with Crippen LogP contribution in [0.4, 0.5) is 0 Å². The largest absolute Gasteiger partial charge is 2.00 e. The van der Waals surface area contributed by atoms with E-state index in [9.17, 15) is 24.6 Å². The number of aliphatic carboxylic acids is 2. The molecule has 0 rings (SSSR count). The minimum absolute atomic E-state index is 0. The Kier molecular flexibility index (Phi) is 39.3. The molecule has 12 nitrogen and oxygen atoms in total. The van der Waals surface area contributed by atoms with Gasteiger partial charge >= 0.3 is 43.7 Å². The Morgan fingerprint density at radius 2 is 1.27 bits per heavy atom. The van der Waals surface area contributed by atoms with Gasteiger partial charge in [-0.05, 0) is 44.4 Å². The van der Waals surface area contributed by atoms with Crippen LogP contribution in [0.15, 0.2) is 29.3 Å². The standard InChI is InChI=1S/2C16H30N2O4.Ca/c2*1-2-3-4-5-6-8-15(20)17-10-13-18(11-7-14-19)12-9-16(21)22;/h2*5-6,19H,2-4,7-14H2,1H3,(H,17,20)(H,21,22);/q;;+2/p-2/b2*6-5+;. The first-order valence-electron chi connectivity index (χ1n) is 16.0. The summed E-state index contributed by atoms with van der Waals surface area (Å²) in [4.78, 5) is 40.5. The molecule has 0 aromatic heterocycles. The van der Waals surface area contributed by atoms with Crippen molar-refractivity contribution >= 4 is 61.5 Å². The van der Waals surface area contributed by atoms with E-state index >= 15 is 0 Å². The van der Waals surface area contributed by atoms with Crippen molar-refractivity contribution in [3.05, 3.63) is 24.3 Å². The number of hydrogen-bond acceptors (Lipinski definition) is 10. The van der Waals surface area contributed by atoms with Crippen LogP contribution in [0.1, 0.15) is 90.9 Å².